The SMILES string of the molecule is Cc1cccc(NS(=O)(=O)c2cc(-c3[nH]ncc3C(=O)N(C)C)oc2C)c1C. The zero-order valence-corrected chi connectivity index (χ0v) is 17.1. The molecule has 0 bridgehead atoms. The van der Waals surface area contributed by atoms with Gasteiger partial charge in [-0.05, 0) is 38.0 Å². The van der Waals surface area contributed by atoms with Crippen LogP contribution in [0.2, 0.25) is 0 Å². The summed E-state index contributed by atoms with van der Waals surface area (Å²) in [7, 11) is -0.633. The van der Waals surface area contributed by atoms with Crippen molar-refractivity contribution in [3.63, 3.8) is 0 Å². The predicted molar refractivity (Wildman–Crippen MR) is 106 cm³/mol. The Morgan fingerprint density at radius 2 is 1.93 bits per heavy atom. The smallest absolute Gasteiger partial charge is 0.265 e. The van der Waals surface area contributed by atoms with E-state index in [1.807, 2.05) is 19.9 Å². The maximum absolute atomic E-state index is 12.9. The van der Waals surface area contributed by atoms with Crippen LogP contribution in [-0.2, 0) is 10.0 Å². The van der Waals surface area contributed by atoms with E-state index in [-0.39, 0.29) is 22.3 Å². The third-order valence-electron chi connectivity index (χ3n) is 4.53. The molecule has 0 aliphatic heterocycles. The number of benzene rings is 1. The molecule has 28 heavy (non-hydrogen) atoms. The Kier molecular flexibility index (Phi) is 5.03. The Hall–Kier alpha value is -3.07. The van der Waals surface area contributed by atoms with Crippen LogP contribution in [0.1, 0.15) is 27.2 Å². The number of anilines is 1. The maximum Gasteiger partial charge on any atom is 0.265 e. The first-order valence-electron chi connectivity index (χ1n) is 8.56. The van der Waals surface area contributed by atoms with Crippen LogP contribution < -0.4 is 4.72 Å². The van der Waals surface area contributed by atoms with Gasteiger partial charge in [-0.25, -0.2) is 8.42 Å². The van der Waals surface area contributed by atoms with Crippen molar-refractivity contribution in [1.29, 1.82) is 0 Å². The molecule has 3 aromatic rings. The Morgan fingerprint density at radius 3 is 2.61 bits per heavy atom. The number of carbonyl (C=O) groups is 1. The van der Waals surface area contributed by atoms with E-state index in [1.165, 1.54) is 17.2 Å². The van der Waals surface area contributed by atoms with E-state index in [2.05, 4.69) is 14.9 Å². The number of amides is 1. The molecule has 2 N–H and O–H groups in total. The van der Waals surface area contributed by atoms with Crippen molar-refractivity contribution in [3.05, 3.63) is 52.9 Å². The van der Waals surface area contributed by atoms with Gasteiger partial charge in [0.15, 0.2) is 5.76 Å². The minimum Gasteiger partial charge on any atom is -0.458 e. The van der Waals surface area contributed by atoms with Crippen molar-refractivity contribution >= 4 is 21.6 Å². The number of carbonyl (C=O) groups excluding carboxylic acids is 1. The van der Waals surface area contributed by atoms with E-state index in [1.54, 1.807) is 33.2 Å². The normalized spacial score (nSPS) is 11.5. The van der Waals surface area contributed by atoms with Gasteiger partial charge in [-0.15, -0.1) is 0 Å². The minimum absolute atomic E-state index is 0.00116. The number of rotatable bonds is 5. The Balaban J connectivity index is 2.00. The van der Waals surface area contributed by atoms with Gasteiger partial charge in [0, 0.05) is 20.2 Å². The van der Waals surface area contributed by atoms with Crippen molar-refractivity contribution in [2.75, 3.05) is 18.8 Å². The number of aryl methyl sites for hydroxylation is 2. The van der Waals surface area contributed by atoms with Crippen molar-refractivity contribution in [2.24, 2.45) is 0 Å². The number of aromatic amines is 1. The molecule has 0 saturated heterocycles. The van der Waals surface area contributed by atoms with Gasteiger partial charge in [0.25, 0.3) is 15.9 Å². The summed E-state index contributed by atoms with van der Waals surface area (Å²) in [5.74, 6) is 0.169. The molecule has 0 aliphatic rings. The molecule has 0 radical (unpaired) electrons. The second kappa shape index (κ2) is 7.16. The second-order valence-electron chi connectivity index (χ2n) is 6.74. The van der Waals surface area contributed by atoms with Crippen LogP contribution in [0.5, 0.6) is 0 Å². The first-order valence-corrected chi connectivity index (χ1v) is 10.0. The van der Waals surface area contributed by atoms with Crippen LogP contribution in [0.15, 0.2) is 39.8 Å². The fourth-order valence-electron chi connectivity index (χ4n) is 2.79. The van der Waals surface area contributed by atoms with E-state index in [0.29, 0.717) is 16.9 Å². The second-order valence-corrected chi connectivity index (χ2v) is 8.39. The lowest BCUT2D eigenvalue weighted by Gasteiger charge is -2.11. The number of hydrogen-bond donors (Lipinski definition) is 2. The van der Waals surface area contributed by atoms with Crippen LogP contribution >= 0.6 is 0 Å². The molecule has 148 valence electrons. The molecule has 0 fully saturated rings. The number of furan rings is 1. The van der Waals surface area contributed by atoms with Gasteiger partial charge >= 0.3 is 0 Å². The van der Waals surface area contributed by atoms with E-state index in [4.69, 9.17) is 4.42 Å². The Labute approximate surface area is 163 Å². The summed E-state index contributed by atoms with van der Waals surface area (Å²) in [6.07, 6.45) is 1.39. The summed E-state index contributed by atoms with van der Waals surface area (Å²) < 4.78 is 34.1. The molecule has 9 heteroatoms. The van der Waals surface area contributed by atoms with Gasteiger partial charge in [0.1, 0.15) is 16.3 Å². The highest BCUT2D eigenvalue weighted by Crippen LogP contribution is 2.31. The predicted octanol–water partition coefficient (Wildman–Crippen LogP) is 3.10. The number of H-pyrrole nitrogens is 1. The average Bonchev–Trinajstić information content (AvgIpc) is 3.24. The fourth-order valence-corrected chi connectivity index (χ4v) is 4.10. The quantitative estimate of drug-likeness (QED) is 0.682. The molecule has 0 spiro atoms. The lowest BCUT2D eigenvalue weighted by Crippen LogP contribution is -2.21. The number of hydrogen-bond acceptors (Lipinski definition) is 5. The van der Waals surface area contributed by atoms with Crippen LogP contribution in [0.4, 0.5) is 5.69 Å². The Morgan fingerprint density at radius 1 is 1.21 bits per heavy atom. The summed E-state index contributed by atoms with van der Waals surface area (Å²) in [4.78, 5) is 13.7. The number of nitrogens with one attached hydrogen (secondary N) is 2. The molecule has 2 heterocycles. The van der Waals surface area contributed by atoms with Gasteiger partial charge in [0.05, 0.1) is 17.4 Å². The molecule has 3 rings (SSSR count). The lowest BCUT2D eigenvalue weighted by molar-refractivity contribution is 0.0828. The number of nitrogens with zero attached hydrogens (tertiary/aromatic N) is 2. The van der Waals surface area contributed by atoms with E-state index >= 15 is 0 Å². The molecule has 1 aromatic carbocycles. The third-order valence-corrected chi connectivity index (χ3v) is 6.01. The minimum atomic E-state index is -3.88. The van der Waals surface area contributed by atoms with Crippen LogP contribution in [0.25, 0.3) is 11.5 Å². The molecule has 0 saturated carbocycles. The van der Waals surface area contributed by atoms with Gasteiger partial charge in [-0.1, -0.05) is 12.1 Å². The van der Waals surface area contributed by atoms with Gasteiger partial charge in [-0.3, -0.25) is 14.6 Å². The monoisotopic (exact) mass is 402 g/mol. The van der Waals surface area contributed by atoms with Crippen LogP contribution in [0, 0.1) is 20.8 Å². The fraction of sp³-hybridized carbons (Fsp3) is 0.263. The summed E-state index contributed by atoms with van der Waals surface area (Å²) in [6.45, 7) is 5.32. The topological polar surface area (TPSA) is 108 Å². The van der Waals surface area contributed by atoms with E-state index in [0.717, 1.165) is 11.1 Å². The molecule has 0 unspecified atom stereocenters. The molecule has 0 aliphatic carbocycles. The van der Waals surface area contributed by atoms with Gasteiger partial charge < -0.3 is 9.32 Å². The van der Waals surface area contributed by atoms with Crippen LogP contribution in [0.3, 0.4) is 0 Å². The first kappa shape index (κ1) is 19.7. The highest BCUT2D eigenvalue weighted by atomic mass is 32.2. The average molecular weight is 402 g/mol. The zero-order valence-electron chi connectivity index (χ0n) is 16.3. The molecular weight excluding hydrogens is 380 g/mol. The highest BCUT2D eigenvalue weighted by molar-refractivity contribution is 7.92. The lowest BCUT2D eigenvalue weighted by atomic mass is 10.1. The summed E-state index contributed by atoms with van der Waals surface area (Å²) in [5.41, 5.74) is 2.96. The Bertz CT molecular complexity index is 1140. The van der Waals surface area contributed by atoms with Crippen molar-refractivity contribution in [1.82, 2.24) is 15.1 Å². The third kappa shape index (κ3) is 3.53. The van der Waals surface area contributed by atoms with Crippen molar-refractivity contribution in [3.8, 4) is 11.5 Å². The highest BCUT2D eigenvalue weighted by Gasteiger charge is 2.26. The number of sulfonamides is 1. The summed E-state index contributed by atoms with van der Waals surface area (Å²) in [6, 6.07) is 6.80. The standard InChI is InChI=1S/C19H22N4O4S/c1-11-7-6-8-15(12(11)2)22-28(25,26)17-9-16(27-13(17)3)18-14(10-20-21-18)19(24)23(4)5/h6-10,22H,1-5H3,(H,20,21). The molecule has 0 atom stereocenters. The van der Waals surface area contributed by atoms with Gasteiger partial charge in [-0.2, -0.15) is 5.10 Å². The first-order chi connectivity index (χ1) is 13.1. The van der Waals surface area contributed by atoms with Crippen molar-refractivity contribution in [2.45, 2.75) is 25.7 Å². The van der Waals surface area contributed by atoms with Crippen molar-refractivity contribution < 1.29 is 17.6 Å². The maximum atomic E-state index is 12.9. The van der Waals surface area contributed by atoms with Crippen LogP contribution in [-0.4, -0.2) is 43.5 Å². The van der Waals surface area contributed by atoms with E-state index in [9.17, 15) is 13.2 Å². The zero-order chi connectivity index (χ0) is 20.6. The molecular formula is C19H22N4O4S. The molecule has 1 amide bonds. The number of aromatic nitrogens is 2. The van der Waals surface area contributed by atoms with Gasteiger partial charge in [0.2, 0.25) is 0 Å². The van der Waals surface area contributed by atoms with E-state index < -0.39 is 10.0 Å². The largest absolute Gasteiger partial charge is 0.458 e. The molecule has 2 aromatic heterocycles. The molecule has 8 nitrogen and oxygen atoms in total. The summed E-state index contributed by atoms with van der Waals surface area (Å²) in [5, 5.41) is 6.60. The summed E-state index contributed by atoms with van der Waals surface area (Å²) >= 11 is 0.